The number of carbonyl (C=O) groups excluding carboxylic acids is 2. The van der Waals surface area contributed by atoms with Crippen molar-refractivity contribution in [2.75, 3.05) is 18.0 Å². The molecule has 1 aliphatic heterocycles. The third kappa shape index (κ3) is 5.34. The van der Waals surface area contributed by atoms with E-state index < -0.39 is 17.8 Å². The predicted octanol–water partition coefficient (Wildman–Crippen LogP) is 3.50. The maximum Gasteiger partial charge on any atom is 0.254 e. The quantitative estimate of drug-likeness (QED) is 0.752. The molecule has 1 fully saturated rings. The van der Waals surface area contributed by atoms with Gasteiger partial charge in [-0.25, -0.2) is 4.39 Å². The van der Waals surface area contributed by atoms with E-state index >= 15 is 0 Å². The van der Waals surface area contributed by atoms with Crippen molar-refractivity contribution in [2.45, 2.75) is 39.3 Å². The van der Waals surface area contributed by atoms with Crippen LogP contribution in [0.2, 0.25) is 0 Å². The minimum atomic E-state index is -0.744. The number of nitrogens with zero attached hydrogens (tertiary/aromatic N) is 1. The average molecular weight is 397 g/mol. The number of hydrogen-bond acceptors (Lipinski definition) is 3. The van der Waals surface area contributed by atoms with E-state index in [9.17, 15) is 14.0 Å². The maximum atomic E-state index is 13.8. The SMILES string of the molecule is CC(C)C(NC(=O)c1ccccc1F)C(=O)NCc1ccc(N2CCCC2)cc1. The molecule has 6 heteroatoms. The van der Waals surface area contributed by atoms with E-state index in [1.165, 1.54) is 36.7 Å². The van der Waals surface area contributed by atoms with Gasteiger partial charge in [0.15, 0.2) is 0 Å². The molecule has 0 aliphatic carbocycles. The van der Waals surface area contributed by atoms with Gasteiger partial charge in [-0.15, -0.1) is 0 Å². The van der Waals surface area contributed by atoms with Crippen LogP contribution >= 0.6 is 0 Å². The first-order chi connectivity index (χ1) is 14.0. The molecule has 0 radical (unpaired) electrons. The van der Waals surface area contributed by atoms with Gasteiger partial charge >= 0.3 is 0 Å². The van der Waals surface area contributed by atoms with Crippen LogP contribution in [0.3, 0.4) is 0 Å². The van der Waals surface area contributed by atoms with Crippen LogP contribution in [0.15, 0.2) is 48.5 Å². The molecule has 0 bridgehead atoms. The topological polar surface area (TPSA) is 61.4 Å². The molecule has 2 aromatic carbocycles. The van der Waals surface area contributed by atoms with Gasteiger partial charge in [-0.3, -0.25) is 9.59 Å². The fraction of sp³-hybridized carbons (Fsp3) is 0.391. The van der Waals surface area contributed by atoms with Crippen molar-refractivity contribution in [3.05, 3.63) is 65.5 Å². The summed E-state index contributed by atoms with van der Waals surface area (Å²) >= 11 is 0. The van der Waals surface area contributed by atoms with Crippen LogP contribution in [0.5, 0.6) is 0 Å². The second-order valence-corrected chi connectivity index (χ2v) is 7.75. The van der Waals surface area contributed by atoms with Gasteiger partial charge in [0.1, 0.15) is 11.9 Å². The smallest absolute Gasteiger partial charge is 0.254 e. The molecule has 1 heterocycles. The highest BCUT2D eigenvalue weighted by Gasteiger charge is 2.25. The predicted molar refractivity (Wildman–Crippen MR) is 112 cm³/mol. The number of benzene rings is 2. The minimum absolute atomic E-state index is 0.0662. The van der Waals surface area contributed by atoms with Gasteiger partial charge in [0.25, 0.3) is 5.91 Å². The molecule has 1 atom stereocenters. The summed E-state index contributed by atoms with van der Waals surface area (Å²) in [6.07, 6.45) is 2.46. The van der Waals surface area contributed by atoms with Gasteiger partial charge in [0, 0.05) is 25.3 Å². The number of carbonyl (C=O) groups is 2. The Kier molecular flexibility index (Phi) is 6.86. The Bertz CT molecular complexity index is 845. The molecule has 0 spiro atoms. The Morgan fingerprint density at radius 1 is 1.03 bits per heavy atom. The average Bonchev–Trinajstić information content (AvgIpc) is 3.25. The second kappa shape index (κ2) is 9.54. The molecule has 2 N–H and O–H groups in total. The van der Waals surface area contributed by atoms with Gasteiger partial charge < -0.3 is 15.5 Å². The monoisotopic (exact) mass is 397 g/mol. The number of rotatable bonds is 7. The van der Waals surface area contributed by atoms with Crippen molar-refractivity contribution < 1.29 is 14.0 Å². The van der Waals surface area contributed by atoms with E-state index in [-0.39, 0.29) is 17.4 Å². The van der Waals surface area contributed by atoms with E-state index in [1.54, 1.807) is 6.07 Å². The number of hydrogen-bond donors (Lipinski definition) is 2. The molecule has 1 saturated heterocycles. The lowest BCUT2D eigenvalue weighted by Crippen LogP contribution is -2.49. The van der Waals surface area contributed by atoms with E-state index in [0.717, 1.165) is 18.7 Å². The lowest BCUT2D eigenvalue weighted by atomic mass is 10.0. The molecule has 2 amide bonds. The first kappa shape index (κ1) is 20.8. The summed E-state index contributed by atoms with van der Waals surface area (Å²) in [5, 5.41) is 5.54. The highest BCUT2D eigenvalue weighted by molar-refractivity contribution is 5.97. The van der Waals surface area contributed by atoms with Crippen molar-refractivity contribution >= 4 is 17.5 Å². The molecule has 3 rings (SSSR count). The summed E-state index contributed by atoms with van der Waals surface area (Å²) < 4.78 is 13.8. The summed E-state index contributed by atoms with van der Waals surface area (Å²) in [5.41, 5.74) is 2.13. The molecule has 2 aromatic rings. The van der Waals surface area contributed by atoms with Crippen LogP contribution in [0.25, 0.3) is 0 Å². The van der Waals surface area contributed by atoms with Crippen LogP contribution in [0.4, 0.5) is 10.1 Å². The molecular formula is C23H28FN3O2. The molecule has 154 valence electrons. The number of anilines is 1. The molecular weight excluding hydrogens is 369 g/mol. The van der Waals surface area contributed by atoms with E-state index in [2.05, 4.69) is 27.7 Å². The first-order valence-electron chi connectivity index (χ1n) is 10.1. The van der Waals surface area contributed by atoms with E-state index in [4.69, 9.17) is 0 Å². The Balaban J connectivity index is 1.58. The zero-order valence-electron chi connectivity index (χ0n) is 17.0. The molecule has 29 heavy (non-hydrogen) atoms. The zero-order chi connectivity index (χ0) is 20.8. The van der Waals surface area contributed by atoms with Gasteiger partial charge in [-0.2, -0.15) is 0 Å². The fourth-order valence-corrected chi connectivity index (χ4v) is 3.50. The van der Waals surface area contributed by atoms with E-state index in [1.807, 2.05) is 26.0 Å². The highest BCUT2D eigenvalue weighted by atomic mass is 19.1. The third-order valence-corrected chi connectivity index (χ3v) is 5.23. The molecule has 0 aromatic heterocycles. The van der Waals surface area contributed by atoms with Crippen LogP contribution in [0, 0.1) is 11.7 Å². The maximum absolute atomic E-state index is 13.8. The van der Waals surface area contributed by atoms with E-state index in [0.29, 0.717) is 6.54 Å². The molecule has 5 nitrogen and oxygen atoms in total. The number of halogens is 1. The third-order valence-electron chi connectivity index (χ3n) is 5.23. The minimum Gasteiger partial charge on any atom is -0.372 e. The van der Waals surface area contributed by atoms with Crippen LogP contribution in [-0.4, -0.2) is 30.9 Å². The van der Waals surface area contributed by atoms with Crippen LogP contribution in [0.1, 0.15) is 42.6 Å². The van der Waals surface area contributed by atoms with Gasteiger partial charge in [0.2, 0.25) is 5.91 Å². The Morgan fingerprint density at radius 2 is 1.69 bits per heavy atom. The summed E-state index contributed by atoms with van der Waals surface area (Å²) in [4.78, 5) is 27.4. The summed E-state index contributed by atoms with van der Waals surface area (Å²) in [6, 6.07) is 13.2. The lowest BCUT2D eigenvalue weighted by Gasteiger charge is -2.22. The Labute approximate surface area is 171 Å². The van der Waals surface area contributed by atoms with Crippen molar-refractivity contribution in [1.29, 1.82) is 0 Å². The van der Waals surface area contributed by atoms with Crippen LogP contribution in [-0.2, 0) is 11.3 Å². The summed E-state index contributed by atoms with van der Waals surface area (Å²) in [6.45, 7) is 6.24. The molecule has 1 aliphatic rings. The largest absolute Gasteiger partial charge is 0.372 e. The number of amides is 2. The normalized spacial score (nSPS) is 14.7. The van der Waals surface area contributed by atoms with Gasteiger partial charge in [-0.05, 0) is 48.6 Å². The molecule has 0 saturated carbocycles. The molecule has 1 unspecified atom stereocenters. The van der Waals surface area contributed by atoms with Crippen molar-refractivity contribution in [3.63, 3.8) is 0 Å². The van der Waals surface area contributed by atoms with Gasteiger partial charge in [-0.1, -0.05) is 38.1 Å². The first-order valence-corrected chi connectivity index (χ1v) is 10.1. The summed E-state index contributed by atoms with van der Waals surface area (Å²) in [5.74, 6) is -1.62. The second-order valence-electron chi connectivity index (χ2n) is 7.75. The summed E-state index contributed by atoms with van der Waals surface area (Å²) in [7, 11) is 0. The lowest BCUT2D eigenvalue weighted by molar-refractivity contribution is -0.124. The standard InChI is InChI=1S/C23H28FN3O2/c1-16(2)21(26-22(28)19-7-3-4-8-20(19)24)23(29)25-15-17-9-11-18(12-10-17)27-13-5-6-14-27/h3-4,7-12,16,21H,5-6,13-15H2,1-2H3,(H,25,29)(H,26,28). The Hall–Kier alpha value is -2.89. The zero-order valence-corrected chi connectivity index (χ0v) is 17.0. The highest BCUT2D eigenvalue weighted by Crippen LogP contribution is 2.20. The van der Waals surface area contributed by atoms with Crippen molar-refractivity contribution in [2.24, 2.45) is 5.92 Å². The Morgan fingerprint density at radius 3 is 2.31 bits per heavy atom. The fourth-order valence-electron chi connectivity index (χ4n) is 3.50. The van der Waals surface area contributed by atoms with Gasteiger partial charge in [0.05, 0.1) is 5.56 Å². The van der Waals surface area contributed by atoms with Crippen LogP contribution < -0.4 is 15.5 Å². The van der Waals surface area contributed by atoms with Crippen molar-refractivity contribution in [1.82, 2.24) is 10.6 Å². The number of nitrogens with one attached hydrogen (secondary N) is 2. The van der Waals surface area contributed by atoms with Crippen molar-refractivity contribution in [3.8, 4) is 0 Å².